The summed E-state index contributed by atoms with van der Waals surface area (Å²) in [5.74, 6) is 0.133. The van der Waals surface area contributed by atoms with E-state index in [9.17, 15) is 9.59 Å². The fourth-order valence-corrected chi connectivity index (χ4v) is 4.19. The van der Waals surface area contributed by atoms with Gasteiger partial charge in [-0.1, -0.05) is 11.3 Å². The Bertz CT molecular complexity index is 929. The smallest absolute Gasteiger partial charge is 0.324 e. The van der Waals surface area contributed by atoms with Crippen LogP contribution in [-0.4, -0.2) is 57.0 Å². The zero-order valence-electron chi connectivity index (χ0n) is 17.4. The second-order valence-electron chi connectivity index (χ2n) is 7.70. The van der Waals surface area contributed by atoms with Crippen LogP contribution in [0.25, 0.3) is 10.6 Å². The van der Waals surface area contributed by atoms with Gasteiger partial charge >= 0.3 is 6.03 Å². The maximum Gasteiger partial charge on any atom is 0.324 e. The molecule has 1 saturated heterocycles. The molecule has 3 amide bonds. The molecule has 1 atom stereocenters. The fourth-order valence-electron chi connectivity index (χ4n) is 3.27. The van der Waals surface area contributed by atoms with Crippen LogP contribution in [0.15, 0.2) is 12.3 Å². The Labute approximate surface area is 174 Å². The molecule has 1 aliphatic rings. The van der Waals surface area contributed by atoms with Crippen molar-refractivity contribution in [3.8, 4) is 10.6 Å². The molecule has 2 aromatic heterocycles. The van der Waals surface area contributed by atoms with E-state index in [1.807, 2.05) is 24.9 Å². The number of nitrogens with one attached hydrogen (secondary N) is 1. The summed E-state index contributed by atoms with van der Waals surface area (Å²) in [7, 11) is 1.95. The van der Waals surface area contributed by atoms with Crippen molar-refractivity contribution in [3.63, 3.8) is 0 Å². The van der Waals surface area contributed by atoms with Crippen molar-refractivity contribution >= 4 is 34.4 Å². The molecule has 0 aromatic carbocycles. The van der Waals surface area contributed by atoms with E-state index in [1.165, 1.54) is 16.2 Å². The number of nitrogens with two attached hydrogens (primary N) is 1. The van der Waals surface area contributed by atoms with E-state index in [1.54, 1.807) is 13.1 Å². The average Bonchev–Trinajstić information content (AvgIpc) is 3.24. The minimum Gasteiger partial charge on any atom is -0.368 e. The Morgan fingerprint density at radius 3 is 2.76 bits per heavy atom. The summed E-state index contributed by atoms with van der Waals surface area (Å²) in [5, 5.41) is 3.27. The number of hydrogen-bond donors (Lipinski definition) is 2. The number of carbonyl (C=O) groups excluding carboxylic acids is 2. The van der Waals surface area contributed by atoms with Crippen LogP contribution in [0.2, 0.25) is 0 Å². The van der Waals surface area contributed by atoms with E-state index in [0.29, 0.717) is 24.0 Å². The SMILES string of the molecule is Cc1nc(NC(=O)N2CCC[C@@]2(C)C(N)=O)sc1-c1ccnc(N(C)C(C)C)n1. The van der Waals surface area contributed by atoms with Gasteiger partial charge in [-0.25, -0.2) is 19.7 Å². The first-order valence-corrected chi connectivity index (χ1v) is 10.4. The average molecular weight is 418 g/mol. The second-order valence-corrected chi connectivity index (χ2v) is 8.70. The third-order valence-electron chi connectivity index (χ3n) is 5.39. The van der Waals surface area contributed by atoms with Gasteiger partial charge in [0.1, 0.15) is 5.54 Å². The first-order chi connectivity index (χ1) is 13.6. The van der Waals surface area contributed by atoms with E-state index < -0.39 is 11.4 Å². The number of primary amides is 1. The van der Waals surface area contributed by atoms with Gasteiger partial charge in [-0.15, -0.1) is 0 Å². The van der Waals surface area contributed by atoms with Crippen molar-refractivity contribution in [2.24, 2.45) is 5.73 Å². The second kappa shape index (κ2) is 7.94. The molecule has 10 heteroatoms. The Balaban J connectivity index is 1.82. The first kappa shape index (κ1) is 21.0. The monoisotopic (exact) mass is 417 g/mol. The summed E-state index contributed by atoms with van der Waals surface area (Å²) >= 11 is 1.34. The molecule has 3 heterocycles. The Hall–Kier alpha value is -2.75. The van der Waals surface area contributed by atoms with Gasteiger partial charge in [-0.05, 0) is 46.6 Å². The van der Waals surface area contributed by atoms with Gasteiger partial charge < -0.3 is 15.5 Å². The third-order valence-corrected chi connectivity index (χ3v) is 6.49. The highest BCUT2D eigenvalue weighted by Gasteiger charge is 2.44. The largest absolute Gasteiger partial charge is 0.368 e. The molecular formula is C19H27N7O2S. The predicted octanol–water partition coefficient (Wildman–Crippen LogP) is 2.62. The topological polar surface area (TPSA) is 117 Å². The van der Waals surface area contributed by atoms with Crippen molar-refractivity contribution in [2.45, 2.75) is 52.1 Å². The molecule has 156 valence electrons. The van der Waals surface area contributed by atoms with E-state index >= 15 is 0 Å². The van der Waals surface area contributed by atoms with Crippen LogP contribution < -0.4 is 16.0 Å². The van der Waals surface area contributed by atoms with Crippen molar-refractivity contribution in [1.29, 1.82) is 0 Å². The number of thiazole rings is 1. The van der Waals surface area contributed by atoms with Crippen molar-refractivity contribution < 1.29 is 9.59 Å². The van der Waals surface area contributed by atoms with E-state index in [2.05, 4.69) is 34.1 Å². The lowest BCUT2D eigenvalue weighted by Crippen LogP contribution is -2.55. The molecule has 0 saturated carbocycles. The molecule has 9 nitrogen and oxygen atoms in total. The molecule has 0 spiro atoms. The Kier molecular flexibility index (Phi) is 5.74. The van der Waals surface area contributed by atoms with Crippen LogP contribution in [0.3, 0.4) is 0 Å². The molecule has 1 fully saturated rings. The van der Waals surface area contributed by atoms with E-state index in [-0.39, 0.29) is 12.1 Å². The van der Waals surface area contributed by atoms with Crippen LogP contribution in [0.5, 0.6) is 0 Å². The molecular weight excluding hydrogens is 390 g/mol. The molecule has 3 N–H and O–H groups in total. The van der Waals surface area contributed by atoms with Gasteiger partial charge in [0.15, 0.2) is 5.13 Å². The number of carbonyl (C=O) groups is 2. The zero-order valence-corrected chi connectivity index (χ0v) is 18.2. The van der Waals surface area contributed by atoms with Crippen LogP contribution in [0, 0.1) is 6.92 Å². The number of hydrogen-bond acceptors (Lipinski definition) is 7. The number of anilines is 2. The van der Waals surface area contributed by atoms with Crippen LogP contribution >= 0.6 is 11.3 Å². The van der Waals surface area contributed by atoms with Crippen molar-refractivity contribution in [1.82, 2.24) is 19.9 Å². The highest BCUT2D eigenvalue weighted by Crippen LogP contribution is 2.34. The molecule has 0 radical (unpaired) electrons. The normalized spacial score (nSPS) is 18.9. The first-order valence-electron chi connectivity index (χ1n) is 9.55. The Morgan fingerprint density at radius 2 is 2.10 bits per heavy atom. The summed E-state index contributed by atoms with van der Waals surface area (Å²) < 4.78 is 0. The molecule has 2 aromatic rings. The summed E-state index contributed by atoms with van der Waals surface area (Å²) in [6.45, 7) is 8.20. The van der Waals surface area contributed by atoms with Gasteiger partial charge in [-0.3, -0.25) is 10.1 Å². The predicted molar refractivity (Wildman–Crippen MR) is 114 cm³/mol. The molecule has 0 unspecified atom stereocenters. The number of aryl methyl sites for hydroxylation is 1. The lowest BCUT2D eigenvalue weighted by Gasteiger charge is -2.31. The van der Waals surface area contributed by atoms with Gasteiger partial charge in [0.2, 0.25) is 11.9 Å². The highest BCUT2D eigenvalue weighted by atomic mass is 32.1. The third kappa shape index (κ3) is 4.02. The van der Waals surface area contributed by atoms with Crippen LogP contribution in [0.1, 0.15) is 39.3 Å². The molecule has 29 heavy (non-hydrogen) atoms. The zero-order chi connectivity index (χ0) is 21.3. The lowest BCUT2D eigenvalue weighted by molar-refractivity contribution is -0.126. The standard InChI is InChI=1S/C19H27N7O2S/c1-11(2)25(5)16-21-9-7-13(23-16)14-12(3)22-17(29-14)24-18(28)26-10-6-8-19(26,4)15(20)27/h7,9,11H,6,8,10H2,1-5H3,(H2,20,27)(H,22,24,28)/t19-/m0/s1. The highest BCUT2D eigenvalue weighted by molar-refractivity contribution is 7.19. The molecule has 0 bridgehead atoms. The minimum absolute atomic E-state index is 0.266. The summed E-state index contributed by atoms with van der Waals surface area (Å²) in [6, 6.07) is 1.73. The van der Waals surface area contributed by atoms with Gasteiger partial charge in [-0.2, -0.15) is 0 Å². The molecule has 1 aliphatic heterocycles. The maximum absolute atomic E-state index is 12.8. The van der Waals surface area contributed by atoms with Crippen molar-refractivity contribution in [2.75, 3.05) is 23.8 Å². The number of aromatic nitrogens is 3. The number of amides is 3. The number of nitrogens with zero attached hydrogens (tertiary/aromatic N) is 5. The summed E-state index contributed by atoms with van der Waals surface area (Å²) in [4.78, 5) is 42.4. The molecule has 0 aliphatic carbocycles. The lowest BCUT2D eigenvalue weighted by atomic mass is 9.98. The van der Waals surface area contributed by atoms with E-state index in [4.69, 9.17) is 5.73 Å². The summed E-state index contributed by atoms with van der Waals surface area (Å²) in [5.41, 5.74) is 6.07. The minimum atomic E-state index is -0.970. The van der Waals surface area contributed by atoms with Gasteiger partial charge in [0.05, 0.1) is 16.3 Å². The van der Waals surface area contributed by atoms with Crippen LogP contribution in [-0.2, 0) is 4.79 Å². The fraction of sp³-hybridized carbons (Fsp3) is 0.526. The quantitative estimate of drug-likeness (QED) is 0.772. The number of urea groups is 1. The van der Waals surface area contributed by atoms with Crippen molar-refractivity contribution in [3.05, 3.63) is 18.0 Å². The number of likely N-dealkylation sites (tertiary alicyclic amines) is 1. The van der Waals surface area contributed by atoms with Gasteiger partial charge in [0, 0.05) is 25.8 Å². The Morgan fingerprint density at radius 1 is 1.38 bits per heavy atom. The number of rotatable bonds is 5. The maximum atomic E-state index is 12.8. The summed E-state index contributed by atoms with van der Waals surface area (Å²) in [6.07, 6.45) is 3.02. The molecule has 3 rings (SSSR count). The van der Waals surface area contributed by atoms with Gasteiger partial charge in [0.25, 0.3) is 0 Å². The van der Waals surface area contributed by atoms with Crippen LogP contribution in [0.4, 0.5) is 15.9 Å². The van der Waals surface area contributed by atoms with E-state index in [0.717, 1.165) is 22.7 Å².